The van der Waals surface area contributed by atoms with Crippen molar-refractivity contribution in [2.24, 2.45) is 11.5 Å². The number of guanidine groups is 1. The first-order valence-electron chi connectivity index (χ1n) is 8.23. The second-order valence-electron chi connectivity index (χ2n) is 5.79. The minimum atomic E-state index is -1.70. The van der Waals surface area contributed by atoms with Crippen molar-refractivity contribution in [3.05, 3.63) is 23.8 Å². The van der Waals surface area contributed by atoms with Crippen molar-refractivity contribution >= 4 is 23.7 Å². The molecule has 10 N–H and O–H groups in total. The number of phenolic OH excluding ortho intramolecular Hbond substituents is 2. The number of hydrogen-bond donors (Lipinski definition) is 8. The Morgan fingerprint density at radius 1 is 1.14 bits per heavy atom. The molecule has 2 atom stereocenters. The third kappa shape index (κ3) is 6.64. The van der Waals surface area contributed by atoms with Crippen molar-refractivity contribution in [2.45, 2.75) is 24.9 Å². The van der Waals surface area contributed by atoms with Gasteiger partial charge in [0.15, 0.2) is 11.5 Å². The number of aliphatic carboxylic acids is 1. The molecule has 1 aromatic rings. The maximum absolute atomic E-state index is 12.4. The maximum Gasteiger partial charge on any atom is 0.338 e. The van der Waals surface area contributed by atoms with Crippen LogP contribution in [0, 0.1) is 0 Å². The zero-order valence-corrected chi connectivity index (χ0v) is 14.8. The maximum atomic E-state index is 12.4. The molecule has 0 unspecified atom stereocenters. The van der Waals surface area contributed by atoms with Crippen LogP contribution in [-0.4, -0.2) is 64.3 Å². The molecule has 154 valence electrons. The molecule has 0 bridgehead atoms. The molecule has 2 amide bonds. The first-order chi connectivity index (χ1) is 13.2. The second-order valence-corrected chi connectivity index (χ2v) is 5.79. The molecule has 0 saturated heterocycles. The van der Waals surface area contributed by atoms with E-state index in [2.05, 4.69) is 10.3 Å². The summed E-state index contributed by atoms with van der Waals surface area (Å²) < 4.78 is 0. The Bertz CT molecular complexity index is 749. The normalized spacial score (nSPS) is 12.5. The first-order valence-corrected chi connectivity index (χ1v) is 8.23. The fraction of sp³-hybridized carbons (Fsp3) is 0.375. The number of nitrogens with two attached hydrogens (primary N) is 2. The molecule has 0 aliphatic heterocycles. The highest BCUT2D eigenvalue weighted by Gasteiger charge is 2.25. The number of nitrogens with one attached hydrogen (secondary N) is 3. The lowest BCUT2D eigenvalue weighted by atomic mass is 10.1. The SMILES string of the molecule is NC(N)=[NH+]CCC[C@H](NC(=O)c1cccc(O)c1O)C(=O)N[C@@H](CO)C(=O)[O-]. The number of rotatable bonds is 10. The van der Waals surface area contributed by atoms with Gasteiger partial charge in [-0.1, -0.05) is 6.07 Å². The number of amides is 2. The molecule has 1 rings (SSSR count). The van der Waals surface area contributed by atoms with E-state index in [4.69, 9.17) is 16.6 Å². The minimum absolute atomic E-state index is 0.0352. The lowest BCUT2D eigenvalue weighted by molar-refractivity contribution is -0.459. The highest BCUT2D eigenvalue weighted by Crippen LogP contribution is 2.28. The number of carboxylic acids is 1. The van der Waals surface area contributed by atoms with E-state index in [9.17, 15) is 29.7 Å². The number of aliphatic hydroxyl groups excluding tert-OH is 1. The standard InChI is InChI=1S/C16H23N5O7/c17-16(18)19-6-2-4-9(14(26)21-10(7-22)15(27)28)20-13(25)8-3-1-5-11(23)12(8)24/h1,3,5,9-10,22-24H,2,4,6-7H2,(H,20,25)(H,21,26)(H,27,28)(H4,17,18,19)/t9-,10-/m0/s1. The summed E-state index contributed by atoms with van der Waals surface area (Å²) in [4.78, 5) is 38.2. The number of carboxylic acid groups (broad SMARTS) is 1. The summed E-state index contributed by atoms with van der Waals surface area (Å²) in [5.74, 6) is -4.69. The summed E-state index contributed by atoms with van der Waals surface area (Å²) >= 11 is 0. The average molecular weight is 397 g/mol. The average Bonchev–Trinajstić information content (AvgIpc) is 2.63. The van der Waals surface area contributed by atoms with Gasteiger partial charge in [-0.2, -0.15) is 0 Å². The largest absolute Gasteiger partial charge is 0.548 e. The molecule has 0 radical (unpaired) electrons. The number of aliphatic hydroxyl groups is 1. The van der Waals surface area contributed by atoms with Crippen LogP contribution in [0.1, 0.15) is 23.2 Å². The third-order valence-electron chi connectivity index (χ3n) is 3.66. The fourth-order valence-corrected chi connectivity index (χ4v) is 2.21. The van der Waals surface area contributed by atoms with E-state index in [1.807, 2.05) is 5.32 Å². The lowest BCUT2D eigenvalue weighted by Gasteiger charge is -2.23. The molecular formula is C16H23N5O7. The zero-order chi connectivity index (χ0) is 21.3. The van der Waals surface area contributed by atoms with Gasteiger partial charge in [0, 0.05) is 0 Å². The Hall–Kier alpha value is -3.54. The predicted molar refractivity (Wildman–Crippen MR) is 93.5 cm³/mol. The fourth-order valence-electron chi connectivity index (χ4n) is 2.21. The Morgan fingerprint density at radius 2 is 1.82 bits per heavy atom. The quantitative estimate of drug-likeness (QED) is 0.0814. The highest BCUT2D eigenvalue weighted by atomic mass is 16.4. The number of aromatic hydroxyl groups is 2. The minimum Gasteiger partial charge on any atom is -0.548 e. The number of benzene rings is 1. The lowest BCUT2D eigenvalue weighted by Crippen LogP contribution is -2.78. The molecule has 12 nitrogen and oxygen atoms in total. The van der Waals surface area contributed by atoms with Crippen molar-refractivity contribution < 1.29 is 39.8 Å². The molecule has 0 fully saturated rings. The van der Waals surface area contributed by atoms with E-state index >= 15 is 0 Å². The Balaban J connectivity index is 2.93. The van der Waals surface area contributed by atoms with Crippen LogP contribution < -0.4 is 32.2 Å². The van der Waals surface area contributed by atoms with Gasteiger partial charge in [0.1, 0.15) is 6.04 Å². The van der Waals surface area contributed by atoms with Gasteiger partial charge in [0.05, 0.1) is 30.7 Å². The molecular weight excluding hydrogens is 374 g/mol. The molecule has 0 saturated carbocycles. The van der Waals surface area contributed by atoms with Crippen molar-refractivity contribution in [3.8, 4) is 11.5 Å². The molecule has 12 heteroatoms. The summed E-state index contributed by atoms with van der Waals surface area (Å²) in [6, 6.07) is 0.834. The zero-order valence-electron chi connectivity index (χ0n) is 14.8. The van der Waals surface area contributed by atoms with Crippen LogP contribution in [0.15, 0.2) is 18.2 Å². The highest BCUT2D eigenvalue weighted by molar-refractivity contribution is 6.00. The van der Waals surface area contributed by atoms with Gasteiger partial charge in [-0.05, 0) is 25.0 Å². The smallest absolute Gasteiger partial charge is 0.338 e. The molecule has 0 heterocycles. The van der Waals surface area contributed by atoms with Crippen LogP contribution in [0.25, 0.3) is 0 Å². The molecule has 0 aromatic heterocycles. The van der Waals surface area contributed by atoms with E-state index in [0.717, 1.165) is 0 Å². The summed E-state index contributed by atoms with van der Waals surface area (Å²) in [7, 11) is 0. The van der Waals surface area contributed by atoms with Crippen LogP contribution in [0.5, 0.6) is 11.5 Å². The van der Waals surface area contributed by atoms with Crippen LogP contribution >= 0.6 is 0 Å². The van der Waals surface area contributed by atoms with E-state index in [1.165, 1.54) is 18.2 Å². The van der Waals surface area contributed by atoms with Crippen LogP contribution in [0.4, 0.5) is 0 Å². The topological polar surface area (TPSA) is 225 Å². The summed E-state index contributed by atoms with van der Waals surface area (Å²) in [5.41, 5.74) is 10.2. The predicted octanol–water partition coefficient (Wildman–Crippen LogP) is -5.44. The summed E-state index contributed by atoms with van der Waals surface area (Å²) in [6.07, 6.45) is 0.347. The third-order valence-corrected chi connectivity index (χ3v) is 3.66. The van der Waals surface area contributed by atoms with Crippen molar-refractivity contribution in [1.82, 2.24) is 10.6 Å². The Labute approximate surface area is 159 Å². The Morgan fingerprint density at radius 3 is 2.39 bits per heavy atom. The van der Waals surface area contributed by atoms with E-state index in [-0.39, 0.29) is 24.5 Å². The molecule has 1 aromatic carbocycles. The van der Waals surface area contributed by atoms with Gasteiger partial charge in [0.2, 0.25) is 5.91 Å². The van der Waals surface area contributed by atoms with Gasteiger partial charge in [-0.15, -0.1) is 0 Å². The first kappa shape index (κ1) is 22.5. The van der Waals surface area contributed by atoms with Crippen LogP contribution in [0.2, 0.25) is 0 Å². The van der Waals surface area contributed by atoms with Crippen molar-refractivity contribution in [1.29, 1.82) is 0 Å². The molecule has 0 aliphatic rings. The van der Waals surface area contributed by atoms with Crippen LogP contribution in [-0.2, 0) is 9.59 Å². The number of carbonyl (C=O) groups excluding carboxylic acids is 3. The number of hydrogen-bond acceptors (Lipinski definition) is 7. The van der Waals surface area contributed by atoms with Crippen LogP contribution in [0.3, 0.4) is 0 Å². The van der Waals surface area contributed by atoms with Gasteiger partial charge >= 0.3 is 5.96 Å². The molecule has 0 spiro atoms. The molecule has 28 heavy (non-hydrogen) atoms. The summed E-state index contributed by atoms with van der Waals surface area (Å²) in [6.45, 7) is -0.633. The van der Waals surface area contributed by atoms with Gasteiger partial charge in [-0.3, -0.25) is 26.0 Å². The number of phenols is 2. The van der Waals surface area contributed by atoms with Crippen molar-refractivity contribution in [2.75, 3.05) is 13.2 Å². The molecule has 0 aliphatic carbocycles. The van der Waals surface area contributed by atoms with Crippen molar-refractivity contribution in [3.63, 3.8) is 0 Å². The number of para-hydroxylation sites is 1. The second kappa shape index (κ2) is 10.6. The van der Waals surface area contributed by atoms with Gasteiger partial charge in [-0.25, -0.2) is 0 Å². The monoisotopic (exact) mass is 397 g/mol. The van der Waals surface area contributed by atoms with E-state index in [0.29, 0.717) is 6.42 Å². The van der Waals surface area contributed by atoms with Gasteiger partial charge in [0.25, 0.3) is 5.91 Å². The van der Waals surface area contributed by atoms with E-state index < -0.39 is 48.0 Å². The van der Waals surface area contributed by atoms with E-state index in [1.54, 1.807) is 0 Å². The Kier molecular flexibility index (Phi) is 8.49. The number of carbonyl (C=O) groups is 3. The summed E-state index contributed by atoms with van der Waals surface area (Å²) in [5, 5.41) is 43.5. The van der Waals surface area contributed by atoms with Gasteiger partial charge < -0.3 is 35.9 Å².